The van der Waals surface area contributed by atoms with Crippen molar-refractivity contribution in [2.75, 3.05) is 19.4 Å². The molecule has 0 aliphatic rings. The Morgan fingerprint density at radius 3 is 2.48 bits per heavy atom. The number of nitrogens with one attached hydrogen (secondary N) is 1. The SMILES string of the molecule is CN(C)C(=O)c1ccc(Cl)c(NC(=O)c2ccc(F)cc2Br)c1. The summed E-state index contributed by atoms with van der Waals surface area (Å²) in [5.74, 6) is -1.13. The Balaban J connectivity index is 2.30. The van der Waals surface area contributed by atoms with Gasteiger partial charge in [0, 0.05) is 24.1 Å². The highest BCUT2D eigenvalue weighted by Gasteiger charge is 2.15. The molecule has 7 heteroatoms. The van der Waals surface area contributed by atoms with Gasteiger partial charge in [-0.1, -0.05) is 11.6 Å². The molecule has 4 nitrogen and oxygen atoms in total. The van der Waals surface area contributed by atoms with Gasteiger partial charge in [0.05, 0.1) is 16.3 Å². The number of anilines is 1. The molecule has 2 rings (SSSR count). The minimum Gasteiger partial charge on any atom is -0.345 e. The fourth-order valence-electron chi connectivity index (χ4n) is 1.88. The molecular formula is C16H13BrClFN2O2. The van der Waals surface area contributed by atoms with Crippen molar-refractivity contribution >= 4 is 45.0 Å². The lowest BCUT2D eigenvalue weighted by atomic mass is 10.1. The lowest BCUT2D eigenvalue weighted by Crippen LogP contribution is -2.22. The van der Waals surface area contributed by atoms with E-state index >= 15 is 0 Å². The highest BCUT2D eigenvalue weighted by atomic mass is 79.9. The number of carbonyl (C=O) groups excluding carboxylic acids is 2. The van der Waals surface area contributed by atoms with Crippen LogP contribution in [0.4, 0.5) is 10.1 Å². The number of benzene rings is 2. The van der Waals surface area contributed by atoms with E-state index in [1.54, 1.807) is 20.2 Å². The van der Waals surface area contributed by atoms with Crippen LogP contribution in [0.2, 0.25) is 5.02 Å². The summed E-state index contributed by atoms with van der Waals surface area (Å²) in [5, 5.41) is 2.92. The predicted octanol–water partition coefficient (Wildman–Crippen LogP) is 4.20. The quantitative estimate of drug-likeness (QED) is 0.841. The van der Waals surface area contributed by atoms with Gasteiger partial charge in [0.2, 0.25) is 0 Å². The molecule has 2 aromatic rings. The van der Waals surface area contributed by atoms with Crippen molar-refractivity contribution in [2.24, 2.45) is 0 Å². The Morgan fingerprint density at radius 1 is 1.17 bits per heavy atom. The number of amides is 2. The van der Waals surface area contributed by atoms with Crippen LogP contribution in [-0.2, 0) is 0 Å². The fraction of sp³-hybridized carbons (Fsp3) is 0.125. The Morgan fingerprint density at radius 2 is 1.87 bits per heavy atom. The largest absolute Gasteiger partial charge is 0.345 e. The summed E-state index contributed by atoms with van der Waals surface area (Å²) in [6.45, 7) is 0. The number of hydrogen-bond acceptors (Lipinski definition) is 2. The molecule has 0 radical (unpaired) electrons. The maximum atomic E-state index is 13.1. The Labute approximate surface area is 146 Å². The Bertz CT molecular complexity index is 781. The van der Waals surface area contributed by atoms with Crippen LogP contribution >= 0.6 is 27.5 Å². The minimum atomic E-state index is -0.465. The number of hydrogen-bond donors (Lipinski definition) is 1. The van der Waals surface area contributed by atoms with Crippen molar-refractivity contribution in [1.29, 1.82) is 0 Å². The second-order valence-corrected chi connectivity index (χ2v) is 6.23. The van der Waals surface area contributed by atoms with Crippen molar-refractivity contribution in [3.63, 3.8) is 0 Å². The van der Waals surface area contributed by atoms with E-state index < -0.39 is 11.7 Å². The molecule has 23 heavy (non-hydrogen) atoms. The number of carbonyl (C=O) groups is 2. The maximum Gasteiger partial charge on any atom is 0.256 e. The fourth-order valence-corrected chi connectivity index (χ4v) is 2.57. The van der Waals surface area contributed by atoms with E-state index in [2.05, 4.69) is 21.2 Å². The van der Waals surface area contributed by atoms with Gasteiger partial charge >= 0.3 is 0 Å². The van der Waals surface area contributed by atoms with Gasteiger partial charge in [-0.3, -0.25) is 9.59 Å². The van der Waals surface area contributed by atoms with Gasteiger partial charge in [0.25, 0.3) is 11.8 Å². The van der Waals surface area contributed by atoms with Crippen LogP contribution in [0.25, 0.3) is 0 Å². The number of nitrogens with zero attached hydrogens (tertiary/aromatic N) is 1. The zero-order valence-electron chi connectivity index (χ0n) is 12.4. The number of halogens is 3. The first-order chi connectivity index (χ1) is 10.8. The molecule has 2 amide bonds. The van der Waals surface area contributed by atoms with Crippen molar-refractivity contribution in [3.8, 4) is 0 Å². The summed E-state index contributed by atoms with van der Waals surface area (Å²) >= 11 is 9.21. The first kappa shape index (κ1) is 17.4. The standard InChI is InChI=1S/C16H13BrClFN2O2/c1-21(2)16(23)9-3-6-13(18)14(7-9)20-15(22)11-5-4-10(19)8-12(11)17/h3-8H,1-2H3,(H,20,22). The van der Waals surface area contributed by atoms with Crippen LogP contribution in [-0.4, -0.2) is 30.8 Å². The molecule has 0 bridgehead atoms. The van der Waals surface area contributed by atoms with Crippen molar-refractivity contribution < 1.29 is 14.0 Å². The van der Waals surface area contributed by atoms with Gasteiger partial charge in [-0.2, -0.15) is 0 Å². The Hall–Kier alpha value is -1.92. The molecule has 0 saturated carbocycles. The van der Waals surface area contributed by atoms with E-state index in [1.807, 2.05) is 0 Å². The van der Waals surface area contributed by atoms with E-state index in [9.17, 15) is 14.0 Å². The van der Waals surface area contributed by atoms with E-state index in [-0.39, 0.29) is 11.5 Å². The molecule has 0 saturated heterocycles. The molecular weight excluding hydrogens is 387 g/mol. The molecule has 2 aromatic carbocycles. The molecule has 0 heterocycles. The van der Waals surface area contributed by atoms with Gasteiger partial charge < -0.3 is 10.2 Å². The third kappa shape index (κ3) is 4.09. The zero-order valence-corrected chi connectivity index (χ0v) is 14.7. The summed E-state index contributed by atoms with van der Waals surface area (Å²) in [5.41, 5.74) is 0.959. The summed E-state index contributed by atoms with van der Waals surface area (Å²) < 4.78 is 13.4. The molecule has 0 aliphatic carbocycles. The molecule has 120 valence electrons. The normalized spacial score (nSPS) is 10.3. The average Bonchev–Trinajstić information content (AvgIpc) is 2.48. The van der Waals surface area contributed by atoms with Gasteiger partial charge in [0.1, 0.15) is 5.82 Å². The summed E-state index contributed by atoms with van der Waals surface area (Å²) in [4.78, 5) is 25.7. The second-order valence-electron chi connectivity index (χ2n) is 4.97. The van der Waals surface area contributed by atoms with Crippen LogP contribution in [0.3, 0.4) is 0 Å². The van der Waals surface area contributed by atoms with Crippen molar-refractivity contribution in [2.45, 2.75) is 0 Å². The lowest BCUT2D eigenvalue weighted by molar-refractivity contribution is 0.0827. The molecule has 0 aliphatic heterocycles. The Kier molecular flexibility index (Phi) is 5.38. The zero-order chi connectivity index (χ0) is 17.1. The molecule has 0 aromatic heterocycles. The number of rotatable bonds is 3. The third-order valence-electron chi connectivity index (χ3n) is 3.04. The summed E-state index contributed by atoms with van der Waals surface area (Å²) in [7, 11) is 3.26. The minimum absolute atomic E-state index is 0.208. The van der Waals surface area contributed by atoms with E-state index in [0.29, 0.717) is 20.7 Å². The van der Waals surface area contributed by atoms with Crippen LogP contribution in [0, 0.1) is 5.82 Å². The first-order valence-electron chi connectivity index (χ1n) is 6.57. The summed E-state index contributed by atoms with van der Waals surface area (Å²) in [6.07, 6.45) is 0. The third-order valence-corrected chi connectivity index (χ3v) is 4.03. The van der Waals surface area contributed by atoms with Gasteiger partial charge in [-0.15, -0.1) is 0 Å². The second kappa shape index (κ2) is 7.10. The van der Waals surface area contributed by atoms with Crippen molar-refractivity contribution in [1.82, 2.24) is 4.90 Å². The molecule has 0 unspecified atom stereocenters. The van der Waals surface area contributed by atoms with E-state index in [0.717, 1.165) is 0 Å². The smallest absolute Gasteiger partial charge is 0.256 e. The topological polar surface area (TPSA) is 49.4 Å². The van der Waals surface area contributed by atoms with Crippen molar-refractivity contribution in [3.05, 3.63) is 62.8 Å². The van der Waals surface area contributed by atoms with Crippen LogP contribution in [0.5, 0.6) is 0 Å². The average molecular weight is 400 g/mol. The molecule has 0 fully saturated rings. The van der Waals surface area contributed by atoms with Crippen LogP contribution in [0.1, 0.15) is 20.7 Å². The maximum absolute atomic E-state index is 13.1. The van der Waals surface area contributed by atoms with Gasteiger partial charge in [-0.25, -0.2) is 4.39 Å². The predicted molar refractivity (Wildman–Crippen MR) is 91.5 cm³/mol. The van der Waals surface area contributed by atoms with E-state index in [1.165, 1.54) is 35.2 Å². The van der Waals surface area contributed by atoms with Gasteiger partial charge in [0.15, 0.2) is 0 Å². The molecule has 1 N–H and O–H groups in total. The molecule has 0 atom stereocenters. The van der Waals surface area contributed by atoms with E-state index in [4.69, 9.17) is 11.6 Å². The monoisotopic (exact) mass is 398 g/mol. The first-order valence-corrected chi connectivity index (χ1v) is 7.74. The van der Waals surface area contributed by atoms with Crippen LogP contribution in [0.15, 0.2) is 40.9 Å². The highest BCUT2D eigenvalue weighted by molar-refractivity contribution is 9.10. The lowest BCUT2D eigenvalue weighted by Gasteiger charge is -2.13. The highest BCUT2D eigenvalue weighted by Crippen LogP contribution is 2.26. The van der Waals surface area contributed by atoms with Crippen LogP contribution < -0.4 is 5.32 Å². The van der Waals surface area contributed by atoms with Gasteiger partial charge in [-0.05, 0) is 52.3 Å². The molecule has 0 spiro atoms. The summed E-state index contributed by atoms with van der Waals surface area (Å²) in [6, 6.07) is 8.36.